The Bertz CT molecular complexity index is 316. The standard InChI is InChI=1S/C13H18BrN/c1-4-13(15-9-10(2)3)11-5-7-12(14)8-6-11/h5-8,13,15H,2,4,9H2,1,3H3. The molecule has 0 bridgehead atoms. The quantitative estimate of drug-likeness (QED) is 0.794. The highest BCUT2D eigenvalue weighted by atomic mass is 79.9. The Morgan fingerprint density at radius 3 is 2.47 bits per heavy atom. The first kappa shape index (κ1) is 12.5. The predicted octanol–water partition coefficient (Wildman–Crippen LogP) is 4.07. The molecule has 1 aromatic rings. The SMILES string of the molecule is C=C(C)CNC(CC)c1ccc(Br)cc1. The third kappa shape index (κ3) is 4.18. The number of hydrogen-bond donors (Lipinski definition) is 1. The molecule has 1 nitrogen and oxygen atoms in total. The fourth-order valence-corrected chi connectivity index (χ4v) is 1.75. The van der Waals surface area contributed by atoms with Gasteiger partial charge in [0, 0.05) is 17.1 Å². The minimum Gasteiger partial charge on any atom is -0.306 e. The lowest BCUT2D eigenvalue weighted by atomic mass is 10.0. The summed E-state index contributed by atoms with van der Waals surface area (Å²) in [7, 11) is 0. The molecule has 1 atom stereocenters. The molecule has 2 heteroatoms. The number of hydrogen-bond acceptors (Lipinski definition) is 1. The van der Waals surface area contributed by atoms with Crippen molar-refractivity contribution in [2.75, 3.05) is 6.54 Å². The molecule has 0 spiro atoms. The molecule has 0 radical (unpaired) electrons. The molecule has 0 aliphatic heterocycles. The largest absolute Gasteiger partial charge is 0.306 e. The fraction of sp³-hybridized carbons (Fsp3) is 0.385. The molecule has 0 amide bonds. The van der Waals surface area contributed by atoms with E-state index in [1.807, 2.05) is 6.92 Å². The molecule has 0 heterocycles. The highest BCUT2D eigenvalue weighted by Gasteiger charge is 2.07. The van der Waals surface area contributed by atoms with Gasteiger partial charge in [0.15, 0.2) is 0 Å². The molecule has 0 aliphatic rings. The Labute approximate surface area is 101 Å². The molecular weight excluding hydrogens is 250 g/mol. The van der Waals surface area contributed by atoms with Gasteiger partial charge < -0.3 is 5.32 Å². The van der Waals surface area contributed by atoms with Gasteiger partial charge in [-0.25, -0.2) is 0 Å². The van der Waals surface area contributed by atoms with E-state index < -0.39 is 0 Å². The minimum atomic E-state index is 0.426. The summed E-state index contributed by atoms with van der Waals surface area (Å²) in [6.45, 7) is 9.02. The Morgan fingerprint density at radius 2 is 2.00 bits per heavy atom. The Balaban J connectivity index is 2.65. The van der Waals surface area contributed by atoms with Crippen LogP contribution in [0.3, 0.4) is 0 Å². The van der Waals surface area contributed by atoms with E-state index in [1.165, 1.54) is 11.1 Å². The second-order valence-electron chi connectivity index (χ2n) is 3.85. The van der Waals surface area contributed by atoms with Gasteiger partial charge in [0.1, 0.15) is 0 Å². The van der Waals surface area contributed by atoms with Crippen LogP contribution in [-0.2, 0) is 0 Å². The van der Waals surface area contributed by atoms with Gasteiger partial charge in [-0.05, 0) is 31.0 Å². The van der Waals surface area contributed by atoms with Crippen LogP contribution in [0.2, 0.25) is 0 Å². The monoisotopic (exact) mass is 267 g/mol. The second kappa shape index (κ2) is 6.09. The maximum Gasteiger partial charge on any atom is 0.0320 e. The Hall–Kier alpha value is -0.600. The number of rotatable bonds is 5. The maximum atomic E-state index is 3.90. The maximum absolute atomic E-state index is 3.90. The van der Waals surface area contributed by atoms with Crippen LogP contribution in [0.4, 0.5) is 0 Å². The molecule has 1 rings (SSSR count). The van der Waals surface area contributed by atoms with Crippen molar-refractivity contribution in [3.8, 4) is 0 Å². The smallest absolute Gasteiger partial charge is 0.0320 e. The third-order valence-electron chi connectivity index (χ3n) is 2.33. The van der Waals surface area contributed by atoms with Gasteiger partial charge in [-0.2, -0.15) is 0 Å². The third-order valence-corrected chi connectivity index (χ3v) is 2.86. The topological polar surface area (TPSA) is 12.0 Å². The van der Waals surface area contributed by atoms with Gasteiger partial charge in [-0.15, -0.1) is 0 Å². The zero-order valence-electron chi connectivity index (χ0n) is 9.39. The lowest BCUT2D eigenvalue weighted by molar-refractivity contribution is 0.544. The van der Waals surface area contributed by atoms with Crippen LogP contribution in [0.5, 0.6) is 0 Å². The number of nitrogens with one attached hydrogen (secondary N) is 1. The van der Waals surface area contributed by atoms with Crippen molar-refractivity contribution < 1.29 is 0 Å². The van der Waals surface area contributed by atoms with Crippen LogP contribution in [-0.4, -0.2) is 6.54 Å². The normalized spacial score (nSPS) is 12.5. The average Bonchev–Trinajstić information content (AvgIpc) is 2.21. The van der Waals surface area contributed by atoms with Crippen molar-refractivity contribution >= 4 is 15.9 Å². The first-order valence-corrected chi connectivity index (χ1v) is 6.06. The molecular formula is C13H18BrN. The van der Waals surface area contributed by atoms with Crippen LogP contribution < -0.4 is 5.32 Å². The van der Waals surface area contributed by atoms with Crippen molar-refractivity contribution in [1.82, 2.24) is 5.32 Å². The summed E-state index contributed by atoms with van der Waals surface area (Å²) in [4.78, 5) is 0. The summed E-state index contributed by atoms with van der Waals surface area (Å²) >= 11 is 3.44. The first-order chi connectivity index (χ1) is 7.13. The summed E-state index contributed by atoms with van der Waals surface area (Å²) in [5.41, 5.74) is 2.51. The first-order valence-electron chi connectivity index (χ1n) is 5.26. The lowest BCUT2D eigenvalue weighted by Crippen LogP contribution is -2.22. The summed E-state index contributed by atoms with van der Waals surface area (Å²) in [6.07, 6.45) is 1.09. The van der Waals surface area contributed by atoms with Gasteiger partial charge in [-0.1, -0.05) is 47.1 Å². The van der Waals surface area contributed by atoms with E-state index >= 15 is 0 Å². The van der Waals surface area contributed by atoms with E-state index in [4.69, 9.17) is 0 Å². The summed E-state index contributed by atoms with van der Waals surface area (Å²) < 4.78 is 1.13. The fourth-order valence-electron chi connectivity index (χ4n) is 1.49. The number of benzene rings is 1. The van der Waals surface area contributed by atoms with E-state index in [1.54, 1.807) is 0 Å². The zero-order valence-corrected chi connectivity index (χ0v) is 11.0. The Kier molecular flexibility index (Phi) is 5.06. The van der Waals surface area contributed by atoms with Crippen molar-refractivity contribution in [2.45, 2.75) is 26.3 Å². The summed E-state index contributed by atoms with van der Waals surface area (Å²) in [6, 6.07) is 8.91. The average molecular weight is 268 g/mol. The van der Waals surface area contributed by atoms with Crippen LogP contribution >= 0.6 is 15.9 Å². The van der Waals surface area contributed by atoms with E-state index in [0.29, 0.717) is 6.04 Å². The molecule has 0 aromatic heterocycles. The Morgan fingerprint density at radius 1 is 1.40 bits per heavy atom. The van der Waals surface area contributed by atoms with E-state index in [2.05, 4.69) is 59.0 Å². The summed E-state index contributed by atoms with van der Waals surface area (Å²) in [5, 5.41) is 3.49. The van der Waals surface area contributed by atoms with E-state index in [-0.39, 0.29) is 0 Å². The zero-order chi connectivity index (χ0) is 11.3. The molecule has 0 aliphatic carbocycles. The molecule has 0 saturated heterocycles. The van der Waals surface area contributed by atoms with E-state index in [0.717, 1.165) is 17.4 Å². The van der Waals surface area contributed by atoms with Gasteiger partial charge in [0.05, 0.1) is 0 Å². The molecule has 1 aromatic carbocycles. The van der Waals surface area contributed by atoms with Crippen molar-refractivity contribution in [3.63, 3.8) is 0 Å². The van der Waals surface area contributed by atoms with Gasteiger partial charge >= 0.3 is 0 Å². The van der Waals surface area contributed by atoms with Crippen molar-refractivity contribution in [3.05, 3.63) is 46.5 Å². The van der Waals surface area contributed by atoms with Crippen LogP contribution in [0, 0.1) is 0 Å². The molecule has 0 fully saturated rings. The van der Waals surface area contributed by atoms with Crippen molar-refractivity contribution in [1.29, 1.82) is 0 Å². The van der Waals surface area contributed by atoms with Gasteiger partial charge in [0.25, 0.3) is 0 Å². The molecule has 1 unspecified atom stereocenters. The van der Waals surface area contributed by atoms with E-state index in [9.17, 15) is 0 Å². The molecule has 15 heavy (non-hydrogen) atoms. The molecule has 1 N–H and O–H groups in total. The highest BCUT2D eigenvalue weighted by molar-refractivity contribution is 9.10. The summed E-state index contributed by atoms with van der Waals surface area (Å²) in [5.74, 6) is 0. The number of halogens is 1. The van der Waals surface area contributed by atoms with Crippen LogP contribution in [0.15, 0.2) is 40.9 Å². The minimum absolute atomic E-state index is 0.426. The lowest BCUT2D eigenvalue weighted by Gasteiger charge is -2.17. The van der Waals surface area contributed by atoms with Crippen LogP contribution in [0.25, 0.3) is 0 Å². The molecule has 82 valence electrons. The van der Waals surface area contributed by atoms with Gasteiger partial charge in [0.2, 0.25) is 0 Å². The highest BCUT2D eigenvalue weighted by Crippen LogP contribution is 2.19. The van der Waals surface area contributed by atoms with Crippen molar-refractivity contribution in [2.24, 2.45) is 0 Å². The van der Waals surface area contributed by atoms with Gasteiger partial charge in [-0.3, -0.25) is 0 Å². The van der Waals surface area contributed by atoms with Crippen LogP contribution in [0.1, 0.15) is 31.9 Å². The molecule has 0 saturated carbocycles. The predicted molar refractivity (Wildman–Crippen MR) is 70.0 cm³/mol. The second-order valence-corrected chi connectivity index (χ2v) is 4.77.